The minimum atomic E-state index is -3.58. The molecule has 1 atom stereocenters. The second kappa shape index (κ2) is 5.16. The van der Waals surface area contributed by atoms with Crippen LogP contribution in [-0.2, 0) is 27.8 Å². The van der Waals surface area contributed by atoms with Gasteiger partial charge in [-0.1, -0.05) is 12.1 Å². The van der Waals surface area contributed by atoms with Crippen LogP contribution in [0.3, 0.4) is 0 Å². The van der Waals surface area contributed by atoms with Crippen LogP contribution in [0.2, 0.25) is 0 Å². The van der Waals surface area contributed by atoms with Crippen molar-refractivity contribution >= 4 is 15.9 Å². The van der Waals surface area contributed by atoms with Crippen molar-refractivity contribution in [2.75, 3.05) is 13.1 Å². The highest BCUT2D eigenvalue weighted by Crippen LogP contribution is 2.23. The Morgan fingerprint density at radius 2 is 2.15 bits per heavy atom. The van der Waals surface area contributed by atoms with E-state index in [9.17, 15) is 13.2 Å². The molecule has 3 rings (SSSR count). The van der Waals surface area contributed by atoms with Gasteiger partial charge in [-0.05, 0) is 30.2 Å². The molecular weight excluding hydrogens is 278 g/mol. The van der Waals surface area contributed by atoms with E-state index >= 15 is 0 Å². The molecule has 1 fully saturated rings. The average molecular weight is 295 g/mol. The molecule has 0 saturated carbocycles. The predicted octanol–water partition coefficient (Wildman–Crippen LogP) is -0.501. The highest BCUT2D eigenvalue weighted by Gasteiger charge is 2.29. The Bertz CT molecular complexity index is 642. The van der Waals surface area contributed by atoms with E-state index in [1.165, 1.54) is 0 Å². The molecule has 7 heteroatoms. The van der Waals surface area contributed by atoms with Crippen LogP contribution in [0.5, 0.6) is 0 Å². The highest BCUT2D eigenvalue weighted by atomic mass is 32.2. The second-order valence-corrected chi connectivity index (χ2v) is 6.83. The molecule has 1 amide bonds. The molecule has 0 radical (unpaired) electrons. The number of fused-ring (bicyclic) bond motifs is 1. The number of carbonyl (C=O) groups is 1. The Morgan fingerprint density at radius 1 is 1.30 bits per heavy atom. The normalized spacial score (nSPS) is 22.4. The molecule has 2 heterocycles. The average Bonchev–Trinajstić information content (AvgIpc) is 2.82. The SMILES string of the molecule is O=C1CC(NS(=O)(=O)c2cccc3c2CCNC3)CN1. The zero-order chi connectivity index (χ0) is 14.2. The summed E-state index contributed by atoms with van der Waals surface area (Å²) >= 11 is 0. The molecule has 1 saturated heterocycles. The van der Waals surface area contributed by atoms with Gasteiger partial charge in [-0.2, -0.15) is 0 Å². The van der Waals surface area contributed by atoms with Crippen molar-refractivity contribution in [1.29, 1.82) is 0 Å². The first-order chi connectivity index (χ1) is 9.56. The molecule has 3 N–H and O–H groups in total. The summed E-state index contributed by atoms with van der Waals surface area (Å²) in [6, 6.07) is 4.99. The fraction of sp³-hybridized carbons (Fsp3) is 0.462. The van der Waals surface area contributed by atoms with Gasteiger partial charge < -0.3 is 10.6 Å². The lowest BCUT2D eigenvalue weighted by Crippen LogP contribution is -2.37. The van der Waals surface area contributed by atoms with E-state index in [2.05, 4.69) is 15.4 Å². The van der Waals surface area contributed by atoms with E-state index < -0.39 is 10.0 Å². The predicted molar refractivity (Wildman–Crippen MR) is 73.6 cm³/mol. The molecule has 6 nitrogen and oxygen atoms in total. The molecule has 0 aromatic heterocycles. The summed E-state index contributed by atoms with van der Waals surface area (Å²) in [6.07, 6.45) is 0.907. The van der Waals surface area contributed by atoms with Gasteiger partial charge in [0, 0.05) is 25.6 Å². The zero-order valence-corrected chi connectivity index (χ0v) is 11.8. The van der Waals surface area contributed by atoms with Gasteiger partial charge in [-0.15, -0.1) is 0 Å². The van der Waals surface area contributed by atoms with E-state index in [-0.39, 0.29) is 18.4 Å². The lowest BCUT2D eigenvalue weighted by Gasteiger charge is -2.21. The molecule has 0 spiro atoms. The van der Waals surface area contributed by atoms with Gasteiger partial charge in [0.25, 0.3) is 0 Å². The van der Waals surface area contributed by atoms with Crippen molar-refractivity contribution in [3.63, 3.8) is 0 Å². The van der Waals surface area contributed by atoms with Gasteiger partial charge in [-0.25, -0.2) is 13.1 Å². The minimum Gasteiger partial charge on any atom is -0.354 e. The van der Waals surface area contributed by atoms with Crippen LogP contribution in [0.1, 0.15) is 17.5 Å². The fourth-order valence-electron chi connectivity index (χ4n) is 2.72. The number of amides is 1. The van der Waals surface area contributed by atoms with Crippen molar-refractivity contribution in [3.8, 4) is 0 Å². The van der Waals surface area contributed by atoms with Crippen molar-refractivity contribution < 1.29 is 13.2 Å². The van der Waals surface area contributed by atoms with Crippen LogP contribution in [0.25, 0.3) is 0 Å². The van der Waals surface area contributed by atoms with Crippen LogP contribution in [-0.4, -0.2) is 33.5 Å². The minimum absolute atomic E-state index is 0.114. The van der Waals surface area contributed by atoms with Crippen LogP contribution in [0.4, 0.5) is 0 Å². The number of hydrogen-bond donors (Lipinski definition) is 3. The van der Waals surface area contributed by atoms with Gasteiger partial charge in [0.15, 0.2) is 0 Å². The van der Waals surface area contributed by atoms with E-state index in [1.54, 1.807) is 12.1 Å². The summed E-state index contributed by atoms with van der Waals surface area (Å²) in [7, 11) is -3.58. The molecule has 1 unspecified atom stereocenters. The number of carbonyl (C=O) groups excluding carboxylic acids is 1. The van der Waals surface area contributed by atoms with E-state index in [1.807, 2.05) is 6.07 Å². The van der Waals surface area contributed by atoms with Gasteiger partial charge in [-0.3, -0.25) is 4.79 Å². The molecular formula is C13H17N3O3S. The van der Waals surface area contributed by atoms with Crippen molar-refractivity contribution in [2.45, 2.75) is 30.3 Å². The number of benzene rings is 1. The smallest absolute Gasteiger partial charge is 0.241 e. The summed E-state index contributed by atoms with van der Waals surface area (Å²) in [5, 5.41) is 5.86. The van der Waals surface area contributed by atoms with Crippen molar-refractivity contribution in [1.82, 2.24) is 15.4 Å². The maximum absolute atomic E-state index is 12.5. The fourth-order valence-corrected chi connectivity index (χ4v) is 4.27. The Morgan fingerprint density at radius 3 is 2.90 bits per heavy atom. The van der Waals surface area contributed by atoms with Gasteiger partial charge in [0.1, 0.15) is 0 Å². The first-order valence-corrected chi connectivity index (χ1v) is 8.15. The van der Waals surface area contributed by atoms with Gasteiger partial charge in [0.05, 0.1) is 4.90 Å². The van der Waals surface area contributed by atoms with Crippen LogP contribution in [0.15, 0.2) is 23.1 Å². The number of rotatable bonds is 3. The molecule has 1 aromatic carbocycles. The second-order valence-electron chi connectivity index (χ2n) is 5.15. The molecule has 108 valence electrons. The molecule has 1 aromatic rings. The molecule has 0 aliphatic carbocycles. The third-order valence-corrected chi connectivity index (χ3v) is 5.29. The van der Waals surface area contributed by atoms with Crippen LogP contribution >= 0.6 is 0 Å². The van der Waals surface area contributed by atoms with Crippen molar-refractivity contribution in [2.24, 2.45) is 0 Å². The highest BCUT2D eigenvalue weighted by molar-refractivity contribution is 7.89. The Balaban J connectivity index is 1.89. The third kappa shape index (κ3) is 2.56. The first kappa shape index (κ1) is 13.5. The molecule has 2 aliphatic rings. The summed E-state index contributed by atoms with van der Waals surface area (Å²) < 4.78 is 27.6. The van der Waals surface area contributed by atoms with Crippen LogP contribution in [0, 0.1) is 0 Å². The maximum atomic E-state index is 12.5. The molecule has 0 bridgehead atoms. The van der Waals surface area contributed by atoms with Crippen molar-refractivity contribution in [3.05, 3.63) is 29.3 Å². The standard InChI is InChI=1S/C13H17N3O3S/c17-13-6-10(8-15-13)16-20(18,19)12-3-1-2-9-7-14-5-4-11(9)12/h1-3,10,14,16H,4-8H2,(H,15,17). The first-order valence-electron chi connectivity index (χ1n) is 6.67. The largest absolute Gasteiger partial charge is 0.354 e. The summed E-state index contributed by atoms with van der Waals surface area (Å²) in [5.74, 6) is -0.114. The number of hydrogen-bond acceptors (Lipinski definition) is 4. The Hall–Kier alpha value is -1.44. The third-order valence-electron chi connectivity index (χ3n) is 3.69. The van der Waals surface area contributed by atoms with E-state index in [0.29, 0.717) is 24.4 Å². The lowest BCUT2D eigenvalue weighted by atomic mass is 10.0. The quantitative estimate of drug-likeness (QED) is 0.701. The topological polar surface area (TPSA) is 87.3 Å². The maximum Gasteiger partial charge on any atom is 0.241 e. The van der Waals surface area contributed by atoms with E-state index in [4.69, 9.17) is 0 Å². The molecule has 20 heavy (non-hydrogen) atoms. The Labute approximate surface area is 118 Å². The zero-order valence-electron chi connectivity index (χ0n) is 11.0. The van der Waals surface area contributed by atoms with Crippen LogP contribution < -0.4 is 15.4 Å². The van der Waals surface area contributed by atoms with E-state index in [0.717, 1.165) is 17.7 Å². The Kier molecular flexibility index (Phi) is 3.49. The monoisotopic (exact) mass is 295 g/mol. The van der Waals surface area contributed by atoms with Gasteiger partial charge >= 0.3 is 0 Å². The summed E-state index contributed by atoms with van der Waals surface area (Å²) in [5.41, 5.74) is 1.91. The number of sulfonamides is 1. The number of nitrogens with one attached hydrogen (secondary N) is 3. The lowest BCUT2D eigenvalue weighted by molar-refractivity contribution is -0.119. The van der Waals surface area contributed by atoms with Gasteiger partial charge in [0.2, 0.25) is 15.9 Å². The molecule has 2 aliphatic heterocycles. The summed E-state index contributed by atoms with van der Waals surface area (Å²) in [4.78, 5) is 11.5. The summed E-state index contributed by atoms with van der Waals surface area (Å²) in [6.45, 7) is 1.83.